The summed E-state index contributed by atoms with van der Waals surface area (Å²) in [5, 5.41) is 0. The van der Waals surface area contributed by atoms with E-state index in [4.69, 9.17) is 8.37 Å². The Balaban J connectivity index is 1.78. The summed E-state index contributed by atoms with van der Waals surface area (Å²) in [6.07, 6.45) is 24.7. The van der Waals surface area contributed by atoms with Crippen LogP contribution in [0.25, 0.3) is 0 Å². The second-order valence-electron chi connectivity index (χ2n) is 8.50. The fraction of sp³-hybridized carbons (Fsp3) is 0.917. The van der Waals surface area contributed by atoms with E-state index in [1.807, 2.05) is 0 Å². The molecule has 0 aromatic rings. The van der Waals surface area contributed by atoms with E-state index in [9.17, 15) is 9.59 Å². The molecule has 0 aromatic heterocycles. The van der Waals surface area contributed by atoms with Crippen molar-refractivity contribution in [3.8, 4) is 0 Å². The van der Waals surface area contributed by atoms with E-state index in [0.29, 0.717) is 0 Å². The number of rotatable bonds is 19. The SMILES string of the molecule is CCCCCCCCCCCCCCCCCCCC[S+]1OC(=O)CCC(=O)OS1. The lowest BCUT2D eigenvalue weighted by Gasteiger charge is -2.07. The fourth-order valence-electron chi connectivity index (χ4n) is 3.68. The standard InChI is InChI=1S/C24H45O4S2/c1-2-3-4-5-6-7-8-9-10-11-12-13-14-15-16-17-18-19-22-30-28-24(26)21-20-23(25)27-29-30/h2-22H2,1H3/q+1. The molecule has 1 heterocycles. The van der Waals surface area contributed by atoms with Crippen molar-refractivity contribution in [3.05, 3.63) is 0 Å². The van der Waals surface area contributed by atoms with Crippen LogP contribution in [0.1, 0.15) is 135 Å². The molecule has 1 rings (SSSR count). The Morgan fingerprint density at radius 1 is 0.633 bits per heavy atom. The molecular weight excluding hydrogens is 416 g/mol. The van der Waals surface area contributed by atoms with E-state index < -0.39 is 10.2 Å². The van der Waals surface area contributed by atoms with E-state index in [1.165, 1.54) is 103 Å². The molecule has 1 atom stereocenters. The molecule has 0 spiro atoms. The Kier molecular flexibility index (Phi) is 18.9. The molecule has 0 N–H and O–H groups in total. The van der Waals surface area contributed by atoms with Gasteiger partial charge in [0.1, 0.15) is 0 Å². The highest BCUT2D eigenvalue weighted by Gasteiger charge is 2.33. The largest absolute Gasteiger partial charge is 0.376 e. The topological polar surface area (TPSA) is 52.6 Å². The van der Waals surface area contributed by atoms with Crippen molar-refractivity contribution in [2.45, 2.75) is 135 Å². The number of unbranched alkanes of at least 4 members (excludes halogenated alkanes) is 17. The van der Waals surface area contributed by atoms with E-state index in [2.05, 4.69) is 6.92 Å². The van der Waals surface area contributed by atoms with Gasteiger partial charge in [-0.3, -0.25) is 4.79 Å². The zero-order valence-electron chi connectivity index (χ0n) is 19.3. The van der Waals surface area contributed by atoms with Crippen molar-refractivity contribution < 1.29 is 18.0 Å². The summed E-state index contributed by atoms with van der Waals surface area (Å²) in [7, 11) is -0.618. The Morgan fingerprint density at radius 3 is 1.50 bits per heavy atom. The summed E-state index contributed by atoms with van der Waals surface area (Å²) in [6, 6.07) is 0. The van der Waals surface area contributed by atoms with Crippen LogP contribution in [0.15, 0.2) is 0 Å². The molecule has 1 saturated heterocycles. The van der Waals surface area contributed by atoms with Gasteiger partial charge in [-0.15, -0.1) is 0 Å². The molecule has 4 nitrogen and oxygen atoms in total. The second kappa shape index (κ2) is 20.5. The van der Waals surface area contributed by atoms with Crippen LogP contribution in [0.5, 0.6) is 0 Å². The van der Waals surface area contributed by atoms with Gasteiger partial charge in [-0.05, 0) is 12.8 Å². The van der Waals surface area contributed by atoms with Crippen molar-refractivity contribution in [3.63, 3.8) is 0 Å². The zero-order valence-corrected chi connectivity index (χ0v) is 20.9. The maximum atomic E-state index is 11.5. The van der Waals surface area contributed by atoms with E-state index >= 15 is 0 Å². The Labute approximate surface area is 192 Å². The molecule has 0 saturated carbocycles. The molecular formula is C24H45O4S2+. The summed E-state index contributed by atoms with van der Waals surface area (Å²) >= 11 is 1.03. The molecule has 0 aromatic carbocycles. The first kappa shape index (κ1) is 27.7. The van der Waals surface area contributed by atoms with Crippen LogP contribution in [-0.4, -0.2) is 17.7 Å². The predicted octanol–water partition coefficient (Wildman–Crippen LogP) is 8.00. The van der Waals surface area contributed by atoms with Crippen molar-refractivity contribution in [2.24, 2.45) is 0 Å². The van der Waals surface area contributed by atoms with Crippen molar-refractivity contribution in [1.82, 2.24) is 0 Å². The fourth-order valence-corrected chi connectivity index (χ4v) is 6.15. The van der Waals surface area contributed by atoms with Crippen LogP contribution in [-0.2, 0) is 28.2 Å². The highest BCUT2D eigenvalue weighted by Crippen LogP contribution is 2.25. The summed E-state index contributed by atoms with van der Waals surface area (Å²) < 4.78 is 10.4. The van der Waals surface area contributed by atoms with Gasteiger partial charge in [0, 0.05) is 0 Å². The Hall–Kier alpha value is -0.360. The van der Waals surface area contributed by atoms with Crippen molar-refractivity contribution >= 4 is 33.2 Å². The molecule has 30 heavy (non-hydrogen) atoms. The summed E-state index contributed by atoms with van der Waals surface area (Å²) in [6.45, 7) is 2.28. The highest BCUT2D eigenvalue weighted by atomic mass is 33.1. The minimum Gasteiger partial charge on any atom is -0.343 e. The molecule has 1 fully saturated rings. The van der Waals surface area contributed by atoms with E-state index in [1.54, 1.807) is 0 Å². The molecule has 1 unspecified atom stereocenters. The van der Waals surface area contributed by atoms with Crippen LogP contribution in [0, 0.1) is 0 Å². The number of carbonyl (C=O) groups is 2. The van der Waals surface area contributed by atoms with Crippen LogP contribution in [0.3, 0.4) is 0 Å². The van der Waals surface area contributed by atoms with Gasteiger partial charge >= 0.3 is 33.2 Å². The third kappa shape index (κ3) is 17.3. The van der Waals surface area contributed by atoms with Gasteiger partial charge in [-0.2, -0.15) is 0 Å². The van der Waals surface area contributed by atoms with Crippen LogP contribution in [0.2, 0.25) is 0 Å². The molecule has 0 bridgehead atoms. The minimum absolute atomic E-state index is 0.127. The summed E-state index contributed by atoms with van der Waals surface area (Å²) in [5.74, 6) is 0.208. The highest BCUT2D eigenvalue weighted by molar-refractivity contribution is 8.70. The molecule has 1 aliphatic rings. The molecule has 0 aliphatic carbocycles. The molecule has 0 amide bonds. The quantitative estimate of drug-likeness (QED) is 0.0844. The van der Waals surface area contributed by atoms with E-state index in [0.717, 1.165) is 29.7 Å². The smallest absolute Gasteiger partial charge is 0.343 e. The molecule has 0 radical (unpaired) electrons. The predicted molar refractivity (Wildman–Crippen MR) is 130 cm³/mol. The third-order valence-corrected chi connectivity index (χ3v) is 8.35. The van der Waals surface area contributed by atoms with Gasteiger partial charge in [0.15, 0.2) is 5.75 Å². The lowest BCUT2D eigenvalue weighted by molar-refractivity contribution is -0.139. The Bertz CT molecular complexity index is 431. The average Bonchev–Trinajstić information content (AvgIpc) is 2.74. The lowest BCUT2D eigenvalue weighted by atomic mass is 10.0. The average molecular weight is 462 g/mol. The molecule has 176 valence electrons. The van der Waals surface area contributed by atoms with Crippen molar-refractivity contribution in [1.29, 1.82) is 0 Å². The van der Waals surface area contributed by atoms with Gasteiger partial charge < -0.3 is 4.18 Å². The maximum Gasteiger partial charge on any atom is 0.376 e. The Morgan fingerprint density at radius 2 is 1.03 bits per heavy atom. The monoisotopic (exact) mass is 461 g/mol. The summed E-state index contributed by atoms with van der Waals surface area (Å²) in [5.41, 5.74) is 0. The molecule has 1 aliphatic heterocycles. The van der Waals surface area contributed by atoms with Crippen LogP contribution >= 0.6 is 11.1 Å². The number of hydrogen-bond donors (Lipinski definition) is 0. The number of hydrogen-bond acceptors (Lipinski definition) is 5. The lowest BCUT2D eigenvalue weighted by Crippen LogP contribution is -2.19. The first-order chi connectivity index (χ1) is 14.7. The molecule has 6 heteroatoms. The third-order valence-electron chi connectivity index (χ3n) is 5.59. The van der Waals surface area contributed by atoms with Crippen molar-refractivity contribution in [2.75, 3.05) is 5.75 Å². The van der Waals surface area contributed by atoms with Gasteiger partial charge in [0.2, 0.25) is 0 Å². The maximum absolute atomic E-state index is 11.5. The van der Waals surface area contributed by atoms with Gasteiger partial charge in [-0.1, -0.05) is 110 Å². The summed E-state index contributed by atoms with van der Waals surface area (Å²) in [4.78, 5) is 22.9. The minimum atomic E-state index is -0.618. The first-order valence-corrected chi connectivity index (χ1v) is 15.1. The van der Waals surface area contributed by atoms with Gasteiger partial charge in [0.05, 0.1) is 12.8 Å². The van der Waals surface area contributed by atoms with Gasteiger partial charge in [-0.25, -0.2) is 8.98 Å². The first-order valence-electron chi connectivity index (χ1n) is 12.5. The van der Waals surface area contributed by atoms with E-state index in [-0.39, 0.29) is 24.8 Å². The van der Waals surface area contributed by atoms with Crippen LogP contribution in [0.4, 0.5) is 0 Å². The second-order valence-corrected chi connectivity index (χ2v) is 11.5. The van der Waals surface area contributed by atoms with Gasteiger partial charge in [0.25, 0.3) is 0 Å². The normalized spacial score (nSPS) is 17.3. The number of carbonyl (C=O) groups excluding carboxylic acids is 2. The zero-order chi connectivity index (χ0) is 21.7. The van der Waals surface area contributed by atoms with Crippen LogP contribution < -0.4 is 0 Å².